The van der Waals surface area contributed by atoms with Crippen molar-refractivity contribution in [3.05, 3.63) is 29.8 Å². The number of rotatable bonds is 1. The fourth-order valence-corrected chi connectivity index (χ4v) is 2.25. The first-order chi connectivity index (χ1) is 9.13. The van der Waals surface area contributed by atoms with Crippen molar-refractivity contribution < 1.29 is 14.3 Å². The quantitative estimate of drug-likeness (QED) is 0.818. The Bertz CT molecular complexity index is 675. The molecule has 0 radical (unpaired) electrons. The van der Waals surface area contributed by atoms with E-state index in [1.165, 1.54) is 4.90 Å². The number of carbonyl (C=O) groups is 1. The standard InChI is InChI=1S/C13H13N3O3/c14-12-15-10-7-9(1-2-11(10)19-12)8-3-5-16(6-4-8)13(17)18/h1-3,7H,4-6H2,(H2,14,15)(H,17,18). The van der Waals surface area contributed by atoms with E-state index in [-0.39, 0.29) is 6.01 Å². The summed E-state index contributed by atoms with van der Waals surface area (Å²) >= 11 is 0. The Balaban J connectivity index is 1.90. The molecule has 1 aliphatic rings. The zero-order valence-corrected chi connectivity index (χ0v) is 10.2. The van der Waals surface area contributed by atoms with Gasteiger partial charge >= 0.3 is 6.09 Å². The van der Waals surface area contributed by atoms with Crippen molar-refractivity contribution in [1.82, 2.24) is 9.88 Å². The molecule has 2 heterocycles. The van der Waals surface area contributed by atoms with E-state index >= 15 is 0 Å². The van der Waals surface area contributed by atoms with Gasteiger partial charge in [-0.15, -0.1) is 0 Å². The minimum Gasteiger partial charge on any atom is -0.465 e. The Morgan fingerprint density at radius 2 is 2.32 bits per heavy atom. The number of carboxylic acid groups (broad SMARTS) is 1. The molecule has 3 rings (SSSR count). The zero-order valence-electron chi connectivity index (χ0n) is 10.2. The summed E-state index contributed by atoms with van der Waals surface area (Å²) in [6.07, 6.45) is 1.75. The average molecular weight is 259 g/mol. The number of anilines is 1. The molecular weight excluding hydrogens is 246 g/mol. The first-order valence-corrected chi connectivity index (χ1v) is 5.97. The van der Waals surface area contributed by atoms with Crippen molar-refractivity contribution in [1.29, 1.82) is 0 Å². The fraction of sp³-hybridized carbons (Fsp3) is 0.231. The summed E-state index contributed by atoms with van der Waals surface area (Å²) in [5.74, 6) is 0. The maximum atomic E-state index is 10.8. The highest BCUT2D eigenvalue weighted by Crippen LogP contribution is 2.26. The second-order valence-corrected chi connectivity index (χ2v) is 4.44. The van der Waals surface area contributed by atoms with E-state index < -0.39 is 6.09 Å². The van der Waals surface area contributed by atoms with Gasteiger partial charge in [-0.3, -0.25) is 0 Å². The van der Waals surface area contributed by atoms with Crippen LogP contribution in [-0.4, -0.2) is 34.2 Å². The van der Waals surface area contributed by atoms with Gasteiger partial charge in [0.1, 0.15) is 5.52 Å². The summed E-state index contributed by atoms with van der Waals surface area (Å²) in [6.45, 7) is 0.934. The molecule has 6 heteroatoms. The Morgan fingerprint density at radius 1 is 1.47 bits per heavy atom. The van der Waals surface area contributed by atoms with Crippen LogP contribution in [0.2, 0.25) is 0 Å². The van der Waals surface area contributed by atoms with Gasteiger partial charge in [-0.25, -0.2) is 4.79 Å². The van der Waals surface area contributed by atoms with E-state index in [9.17, 15) is 4.79 Å². The monoisotopic (exact) mass is 259 g/mol. The van der Waals surface area contributed by atoms with E-state index in [1.54, 1.807) is 0 Å². The lowest BCUT2D eigenvalue weighted by Gasteiger charge is -2.23. The van der Waals surface area contributed by atoms with E-state index in [1.807, 2.05) is 24.3 Å². The number of hydrogen-bond acceptors (Lipinski definition) is 4. The Hall–Kier alpha value is -2.50. The van der Waals surface area contributed by atoms with Crippen LogP contribution in [0.25, 0.3) is 16.7 Å². The van der Waals surface area contributed by atoms with E-state index in [0.29, 0.717) is 25.1 Å². The number of amides is 1. The third kappa shape index (κ3) is 2.12. The highest BCUT2D eigenvalue weighted by molar-refractivity contribution is 5.81. The SMILES string of the molecule is Nc1nc2cc(C3=CCN(C(=O)O)CC3)ccc2o1. The molecule has 0 bridgehead atoms. The molecule has 0 saturated carbocycles. The first-order valence-electron chi connectivity index (χ1n) is 5.97. The van der Waals surface area contributed by atoms with E-state index in [2.05, 4.69) is 4.98 Å². The third-order valence-electron chi connectivity index (χ3n) is 3.25. The van der Waals surface area contributed by atoms with Crippen LogP contribution in [0.4, 0.5) is 10.8 Å². The predicted octanol–water partition coefficient (Wildman–Crippen LogP) is 2.18. The molecule has 19 heavy (non-hydrogen) atoms. The van der Waals surface area contributed by atoms with E-state index in [0.717, 1.165) is 16.7 Å². The van der Waals surface area contributed by atoms with Crippen molar-refractivity contribution >= 4 is 28.8 Å². The number of oxazole rings is 1. The average Bonchev–Trinajstić information content (AvgIpc) is 2.77. The summed E-state index contributed by atoms with van der Waals surface area (Å²) in [7, 11) is 0. The molecule has 0 aliphatic carbocycles. The number of nitrogen functional groups attached to an aromatic ring is 1. The largest absolute Gasteiger partial charge is 0.465 e. The highest BCUT2D eigenvalue weighted by Gasteiger charge is 2.17. The van der Waals surface area contributed by atoms with Crippen LogP contribution < -0.4 is 5.73 Å². The maximum Gasteiger partial charge on any atom is 0.407 e. The van der Waals surface area contributed by atoms with Gasteiger partial charge in [0.2, 0.25) is 0 Å². The van der Waals surface area contributed by atoms with Crippen molar-refractivity contribution in [3.8, 4) is 0 Å². The van der Waals surface area contributed by atoms with Crippen LogP contribution in [0.15, 0.2) is 28.7 Å². The van der Waals surface area contributed by atoms with Crippen molar-refractivity contribution in [2.45, 2.75) is 6.42 Å². The summed E-state index contributed by atoms with van der Waals surface area (Å²) in [6, 6.07) is 5.84. The molecule has 2 aromatic rings. The fourth-order valence-electron chi connectivity index (χ4n) is 2.25. The molecule has 1 amide bonds. The minimum absolute atomic E-state index is 0.154. The molecule has 1 aromatic heterocycles. The highest BCUT2D eigenvalue weighted by atomic mass is 16.4. The zero-order chi connectivity index (χ0) is 13.4. The molecule has 1 aliphatic heterocycles. The molecule has 0 saturated heterocycles. The number of hydrogen-bond donors (Lipinski definition) is 2. The van der Waals surface area contributed by atoms with Gasteiger partial charge < -0.3 is 20.2 Å². The lowest BCUT2D eigenvalue weighted by atomic mass is 9.99. The van der Waals surface area contributed by atoms with Crippen LogP contribution in [-0.2, 0) is 0 Å². The number of fused-ring (bicyclic) bond motifs is 1. The topological polar surface area (TPSA) is 92.6 Å². The lowest BCUT2D eigenvalue weighted by molar-refractivity contribution is 0.150. The van der Waals surface area contributed by atoms with Gasteiger partial charge in [-0.05, 0) is 29.7 Å². The maximum absolute atomic E-state index is 10.8. The van der Waals surface area contributed by atoms with E-state index in [4.69, 9.17) is 15.3 Å². The smallest absolute Gasteiger partial charge is 0.407 e. The molecule has 0 fully saturated rings. The third-order valence-corrected chi connectivity index (χ3v) is 3.25. The van der Waals surface area contributed by atoms with Crippen LogP contribution in [0.5, 0.6) is 0 Å². The summed E-state index contributed by atoms with van der Waals surface area (Å²) in [4.78, 5) is 16.3. The minimum atomic E-state index is -0.880. The van der Waals surface area contributed by atoms with Crippen LogP contribution in [0.3, 0.4) is 0 Å². The summed E-state index contributed by atoms with van der Waals surface area (Å²) < 4.78 is 5.22. The Morgan fingerprint density at radius 3 is 3.00 bits per heavy atom. The molecule has 0 atom stereocenters. The first kappa shape index (κ1) is 11.6. The molecule has 3 N–H and O–H groups in total. The molecular formula is C13H13N3O3. The Labute approximate surface area is 109 Å². The van der Waals surface area contributed by atoms with Gasteiger partial charge in [-0.1, -0.05) is 12.1 Å². The van der Waals surface area contributed by atoms with Crippen LogP contribution in [0.1, 0.15) is 12.0 Å². The second-order valence-electron chi connectivity index (χ2n) is 4.44. The van der Waals surface area contributed by atoms with Gasteiger partial charge in [0.05, 0.1) is 0 Å². The molecule has 6 nitrogen and oxygen atoms in total. The molecule has 98 valence electrons. The number of nitrogens with zero attached hydrogens (tertiary/aromatic N) is 2. The summed E-state index contributed by atoms with van der Waals surface area (Å²) in [5, 5.41) is 8.90. The van der Waals surface area contributed by atoms with Crippen molar-refractivity contribution in [2.75, 3.05) is 18.8 Å². The van der Waals surface area contributed by atoms with Gasteiger partial charge in [0.15, 0.2) is 5.58 Å². The summed E-state index contributed by atoms with van der Waals surface area (Å²) in [5.41, 5.74) is 9.04. The normalized spacial score (nSPS) is 15.6. The number of benzene rings is 1. The predicted molar refractivity (Wildman–Crippen MR) is 70.6 cm³/mol. The number of nitrogens with two attached hydrogens (primary N) is 1. The lowest BCUT2D eigenvalue weighted by Crippen LogP contribution is -2.33. The van der Waals surface area contributed by atoms with Crippen LogP contribution >= 0.6 is 0 Å². The molecule has 0 spiro atoms. The molecule has 1 aromatic carbocycles. The van der Waals surface area contributed by atoms with Crippen LogP contribution in [0, 0.1) is 0 Å². The number of aromatic nitrogens is 1. The second kappa shape index (κ2) is 4.31. The van der Waals surface area contributed by atoms with Crippen molar-refractivity contribution in [2.24, 2.45) is 0 Å². The molecule has 0 unspecified atom stereocenters. The van der Waals surface area contributed by atoms with Gasteiger partial charge in [0.25, 0.3) is 6.01 Å². The van der Waals surface area contributed by atoms with Crippen molar-refractivity contribution in [3.63, 3.8) is 0 Å². The van der Waals surface area contributed by atoms with Gasteiger partial charge in [-0.2, -0.15) is 4.98 Å². The van der Waals surface area contributed by atoms with Gasteiger partial charge in [0, 0.05) is 13.1 Å². The Kier molecular flexibility index (Phi) is 2.63.